The first-order valence-electron chi connectivity index (χ1n) is 11.2. The Labute approximate surface area is 204 Å². The van der Waals surface area contributed by atoms with Gasteiger partial charge in [-0.25, -0.2) is 12.8 Å². The molecule has 0 fully saturated rings. The maximum atomic E-state index is 13.0. The molecular weight excluding hydrogens is 473 g/mol. The van der Waals surface area contributed by atoms with E-state index in [0.29, 0.717) is 28.7 Å². The largest absolute Gasteiger partial charge is 0.337 e. The number of hydrogen-bond donors (Lipinski definition) is 3. The predicted octanol–water partition coefficient (Wildman–Crippen LogP) is 4.52. The normalized spacial score (nSPS) is 13.8. The zero-order valence-corrected chi connectivity index (χ0v) is 20.9. The molecule has 2 atom stereocenters. The highest BCUT2D eigenvalue weighted by Crippen LogP contribution is 2.25. The van der Waals surface area contributed by atoms with Crippen LogP contribution in [0.3, 0.4) is 0 Å². The number of carbonyl (C=O) groups excluding carboxylic acids is 1. The van der Waals surface area contributed by atoms with E-state index in [4.69, 9.17) is 10.3 Å². The Hall–Kier alpha value is -3.31. The highest BCUT2D eigenvalue weighted by atomic mass is 32.2. The van der Waals surface area contributed by atoms with Gasteiger partial charge in [-0.2, -0.15) is 4.98 Å². The van der Waals surface area contributed by atoms with Crippen LogP contribution in [0, 0.1) is 11.3 Å². The lowest BCUT2D eigenvalue weighted by molar-refractivity contribution is -0.124. The molecule has 4 N–H and O–H groups in total. The minimum absolute atomic E-state index is 0.0448. The molecule has 1 amide bonds. The van der Waals surface area contributed by atoms with Crippen LogP contribution in [0.1, 0.15) is 46.0 Å². The van der Waals surface area contributed by atoms with E-state index in [1.54, 1.807) is 12.1 Å². The number of hydrogen-bond acceptors (Lipinski definition) is 7. The van der Waals surface area contributed by atoms with Crippen LogP contribution in [0.25, 0.3) is 11.4 Å². The molecule has 188 valence electrons. The number of alkyl halides is 1. The smallest absolute Gasteiger partial charge is 0.261 e. The molecule has 35 heavy (non-hydrogen) atoms. The van der Waals surface area contributed by atoms with Crippen LogP contribution in [0.15, 0.2) is 57.9 Å². The van der Waals surface area contributed by atoms with Crippen LogP contribution in [0.2, 0.25) is 0 Å². The molecule has 0 radical (unpaired) electrons. The van der Waals surface area contributed by atoms with E-state index >= 15 is 0 Å². The summed E-state index contributed by atoms with van der Waals surface area (Å²) in [7, 11) is -3.87. The molecular formula is C24H30FN5O4S. The summed E-state index contributed by atoms with van der Waals surface area (Å²) in [5.41, 5.74) is 6.30. The maximum absolute atomic E-state index is 13.0. The summed E-state index contributed by atoms with van der Waals surface area (Å²) in [4.78, 5) is 16.5. The van der Waals surface area contributed by atoms with Crippen LogP contribution in [0.4, 0.5) is 15.8 Å². The number of aromatic nitrogens is 2. The van der Waals surface area contributed by atoms with Crippen molar-refractivity contribution in [3.05, 3.63) is 54.4 Å². The number of halogens is 1. The van der Waals surface area contributed by atoms with E-state index in [9.17, 15) is 17.6 Å². The number of nitrogens with two attached hydrogens (primary N) is 1. The number of benzene rings is 2. The fourth-order valence-electron chi connectivity index (χ4n) is 2.96. The van der Waals surface area contributed by atoms with Gasteiger partial charge in [0, 0.05) is 16.9 Å². The Morgan fingerprint density at radius 1 is 1.11 bits per heavy atom. The average Bonchev–Trinajstić information content (AvgIpc) is 3.34. The summed E-state index contributed by atoms with van der Waals surface area (Å²) < 4.78 is 46.3. The van der Waals surface area contributed by atoms with Crippen molar-refractivity contribution >= 4 is 27.3 Å². The summed E-state index contributed by atoms with van der Waals surface area (Å²) >= 11 is 0. The molecule has 0 bridgehead atoms. The molecule has 0 aliphatic carbocycles. The van der Waals surface area contributed by atoms with Gasteiger partial charge in [0.1, 0.15) is 6.67 Å². The van der Waals surface area contributed by atoms with E-state index < -0.39 is 28.0 Å². The Morgan fingerprint density at radius 3 is 2.29 bits per heavy atom. The van der Waals surface area contributed by atoms with Gasteiger partial charge < -0.3 is 15.6 Å². The van der Waals surface area contributed by atoms with Crippen molar-refractivity contribution in [2.24, 2.45) is 17.1 Å². The van der Waals surface area contributed by atoms with Crippen molar-refractivity contribution in [2.45, 2.75) is 45.1 Å². The van der Waals surface area contributed by atoms with Gasteiger partial charge in [0.15, 0.2) is 0 Å². The molecule has 9 nitrogen and oxygen atoms in total. The van der Waals surface area contributed by atoms with E-state index in [1.165, 1.54) is 50.2 Å². The van der Waals surface area contributed by atoms with E-state index in [0.717, 1.165) is 6.42 Å². The Kier molecular flexibility index (Phi) is 7.91. The predicted molar refractivity (Wildman–Crippen MR) is 132 cm³/mol. The van der Waals surface area contributed by atoms with Crippen molar-refractivity contribution in [3.63, 3.8) is 0 Å². The number of anilines is 2. The second kappa shape index (κ2) is 10.5. The molecule has 3 rings (SSSR count). The number of nitrogens with zero attached hydrogens (tertiary/aromatic N) is 2. The molecule has 0 saturated carbocycles. The standard InChI is InChI=1S/C24H30FN5O4S/c1-5-15(2)20(26)22-28-21(29-34-22)16-6-12-19(13-7-16)35(32,33)30-18-10-8-17(9-11-18)27-23(31)24(3,4)14-25/h6-13,15,20,30H,5,14,26H2,1-4H3,(H,27,31). The third-order valence-electron chi connectivity index (χ3n) is 5.75. The third-order valence-corrected chi connectivity index (χ3v) is 7.15. The van der Waals surface area contributed by atoms with Crippen molar-refractivity contribution in [1.29, 1.82) is 0 Å². The number of sulfonamides is 1. The van der Waals surface area contributed by atoms with Crippen molar-refractivity contribution < 1.29 is 22.1 Å². The molecule has 0 spiro atoms. The molecule has 0 aliphatic rings. The first kappa shape index (κ1) is 26.3. The van der Waals surface area contributed by atoms with E-state index in [2.05, 4.69) is 20.2 Å². The Morgan fingerprint density at radius 2 is 1.71 bits per heavy atom. The maximum Gasteiger partial charge on any atom is 0.261 e. The highest BCUT2D eigenvalue weighted by Gasteiger charge is 2.27. The summed E-state index contributed by atoms with van der Waals surface area (Å²) in [6.45, 7) is 6.22. The second-order valence-electron chi connectivity index (χ2n) is 9.05. The Balaban J connectivity index is 1.69. The molecule has 1 aromatic heterocycles. The lowest BCUT2D eigenvalue weighted by Crippen LogP contribution is -2.32. The molecule has 0 aliphatic heterocycles. The van der Waals surface area contributed by atoms with Crippen LogP contribution in [0.5, 0.6) is 0 Å². The lowest BCUT2D eigenvalue weighted by Gasteiger charge is -2.19. The second-order valence-corrected chi connectivity index (χ2v) is 10.7. The monoisotopic (exact) mass is 503 g/mol. The summed E-state index contributed by atoms with van der Waals surface area (Å²) in [5, 5.41) is 6.56. The van der Waals surface area contributed by atoms with E-state index in [1.807, 2.05) is 13.8 Å². The lowest BCUT2D eigenvalue weighted by atomic mass is 9.94. The van der Waals surface area contributed by atoms with Gasteiger partial charge >= 0.3 is 0 Å². The van der Waals surface area contributed by atoms with Crippen LogP contribution < -0.4 is 15.8 Å². The van der Waals surface area contributed by atoms with Crippen LogP contribution >= 0.6 is 0 Å². The zero-order chi connectivity index (χ0) is 25.8. The van der Waals surface area contributed by atoms with Crippen molar-refractivity contribution in [3.8, 4) is 11.4 Å². The number of carbonyl (C=O) groups is 1. The molecule has 2 aromatic carbocycles. The highest BCUT2D eigenvalue weighted by molar-refractivity contribution is 7.92. The summed E-state index contributed by atoms with van der Waals surface area (Å²) in [6, 6.07) is 11.8. The van der Waals surface area contributed by atoms with Crippen LogP contribution in [-0.2, 0) is 14.8 Å². The van der Waals surface area contributed by atoms with Crippen molar-refractivity contribution in [1.82, 2.24) is 10.1 Å². The van der Waals surface area contributed by atoms with Gasteiger partial charge in [-0.15, -0.1) is 0 Å². The molecule has 3 aromatic rings. The fraction of sp³-hybridized carbons (Fsp3) is 0.375. The van der Waals surface area contributed by atoms with Crippen LogP contribution in [-0.4, -0.2) is 31.1 Å². The van der Waals surface area contributed by atoms with Gasteiger partial charge in [0.25, 0.3) is 10.0 Å². The SMILES string of the molecule is CCC(C)C(N)c1nc(-c2ccc(S(=O)(=O)Nc3ccc(NC(=O)C(C)(C)CF)cc3)cc2)no1. The minimum Gasteiger partial charge on any atom is -0.337 e. The van der Waals surface area contributed by atoms with Gasteiger partial charge in [0.2, 0.25) is 17.6 Å². The number of rotatable bonds is 10. The summed E-state index contributed by atoms with van der Waals surface area (Å²) in [5.74, 6) is 0.364. The minimum atomic E-state index is -3.87. The number of amides is 1. The molecule has 11 heteroatoms. The summed E-state index contributed by atoms with van der Waals surface area (Å²) in [6.07, 6.45) is 0.868. The molecule has 1 heterocycles. The van der Waals surface area contributed by atoms with Gasteiger partial charge in [0.05, 0.1) is 16.4 Å². The molecule has 0 saturated heterocycles. The topological polar surface area (TPSA) is 140 Å². The third kappa shape index (κ3) is 6.23. The first-order valence-corrected chi connectivity index (χ1v) is 12.6. The first-order chi connectivity index (χ1) is 16.5. The zero-order valence-electron chi connectivity index (χ0n) is 20.1. The van der Waals surface area contributed by atoms with Gasteiger partial charge in [-0.3, -0.25) is 9.52 Å². The van der Waals surface area contributed by atoms with Gasteiger partial charge in [-0.05, 0) is 68.3 Å². The van der Waals surface area contributed by atoms with Gasteiger partial charge in [-0.1, -0.05) is 25.4 Å². The van der Waals surface area contributed by atoms with E-state index in [-0.39, 0.29) is 16.9 Å². The fourth-order valence-corrected chi connectivity index (χ4v) is 4.02. The van der Waals surface area contributed by atoms with Crippen molar-refractivity contribution in [2.75, 3.05) is 16.7 Å². The Bertz CT molecular complexity index is 1260. The molecule has 2 unspecified atom stereocenters. The number of nitrogens with one attached hydrogen (secondary N) is 2. The average molecular weight is 504 g/mol. The quantitative estimate of drug-likeness (QED) is 0.369.